The summed E-state index contributed by atoms with van der Waals surface area (Å²) in [4.78, 5) is 2.50. The van der Waals surface area contributed by atoms with E-state index in [9.17, 15) is 0 Å². The highest BCUT2D eigenvalue weighted by atomic mass is 16.5. The Labute approximate surface area is 116 Å². The van der Waals surface area contributed by atoms with Gasteiger partial charge in [0.05, 0.1) is 6.10 Å². The molecule has 1 aliphatic rings. The minimum Gasteiger partial charge on any atom is -0.396 e. The van der Waals surface area contributed by atoms with Gasteiger partial charge in [-0.1, -0.05) is 29.8 Å². The Bertz CT molecular complexity index is 373. The molecule has 0 aromatic heterocycles. The van der Waals surface area contributed by atoms with Gasteiger partial charge >= 0.3 is 0 Å². The van der Waals surface area contributed by atoms with E-state index < -0.39 is 0 Å². The minimum atomic E-state index is 0.228. The number of rotatable bonds is 6. The highest BCUT2D eigenvalue weighted by Gasteiger charge is 2.19. The summed E-state index contributed by atoms with van der Waals surface area (Å²) in [5.41, 5.74) is 2.74. The van der Waals surface area contributed by atoms with Gasteiger partial charge in [-0.2, -0.15) is 0 Å². The van der Waals surface area contributed by atoms with Crippen LogP contribution >= 0.6 is 0 Å². The molecule has 1 fully saturated rings. The van der Waals surface area contributed by atoms with Crippen molar-refractivity contribution in [2.75, 3.05) is 26.3 Å². The van der Waals surface area contributed by atoms with Crippen molar-refractivity contribution in [2.45, 2.75) is 38.8 Å². The van der Waals surface area contributed by atoms with E-state index in [4.69, 9.17) is 9.84 Å². The standard InChI is InChI=1S/C16H25NO2/c1-14-4-2-5-15(12-14)13-17-8-6-16(7-9-17)19-11-3-10-18/h2,4-5,12,16,18H,3,6-11,13H2,1H3. The molecule has 1 N–H and O–H groups in total. The van der Waals surface area contributed by atoms with Crippen LogP contribution in [0.4, 0.5) is 0 Å². The summed E-state index contributed by atoms with van der Waals surface area (Å²) in [6.45, 7) is 6.33. The summed E-state index contributed by atoms with van der Waals surface area (Å²) in [6, 6.07) is 8.75. The summed E-state index contributed by atoms with van der Waals surface area (Å²) < 4.78 is 5.75. The van der Waals surface area contributed by atoms with Crippen LogP contribution in [0.3, 0.4) is 0 Å². The van der Waals surface area contributed by atoms with Gasteiger partial charge in [0.15, 0.2) is 0 Å². The van der Waals surface area contributed by atoms with Crippen LogP contribution in [-0.4, -0.2) is 42.4 Å². The zero-order valence-corrected chi connectivity index (χ0v) is 11.8. The van der Waals surface area contributed by atoms with Gasteiger partial charge in [0.25, 0.3) is 0 Å². The van der Waals surface area contributed by atoms with Crippen molar-refractivity contribution in [1.29, 1.82) is 0 Å². The Kier molecular flexibility index (Phi) is 5.83. The number of piperidine rings is 1. The molecule has 0 amide bonds. The van der Waals surface area contributed by atoms with Crippen LogP contribution in [0, 0.1) is 6.92 Å². The third-order valence-corrected chi connectivity index (χ3v) is 3.68. The van der Waals surface area contributed by atoms with Crippen LogP contribution in [0.1, 0.15) is 30.4 Å². The highest BCUT2D eigenvalue weighted by molar-refractivity contribution is 5.22. The second kappa shape index (κ2) is 7.63. The molecule has 1 aromatic rings. The summed E-state index contributed by atoms with van der Waals surface area (Å²) in [5, 5.41) is 8.74. The molecule has 106 valence electrons. The van der Waals surface area contributed by atoms with E-state index in [1.54, 1.807) is 0 Å². The van der Waals surface area contributed by atoms with Gasteiger partial charge in [-0.05, 0) is 31.7 Å². The summed E-state index contributed by atoms with van der Waals surface area (Å²) in [7, 11) is 0. The molecular weight excluding hydrogens is 238 g/mol. The molecule has 19 heavy (non-hydrogen) atoms. The zero-order valence-electron chi connectivity index (χ0n) is 11.8. The fourth-order valence-electron chi connectivity index (χ4n) is 2.62. The first-order chi connectivity index (χ1) is 9.28. The fourth-order valence-corrected chi connectivity index (χ4v) is 2.62. The van der Waals surface area contributed by atoms with Gasteiger partial charge in [-0.3, -0.25) is 4.90 Å². The molecular formula is C16H25NO2. The first-order valence-electron chi connectivity index (χ1n) is 7.28. The normalized spacial score (nSPS) is 17.8. The van der Waals surface area contributed by atoms with E-state index in [0.29, 0.717) is 12.7 Å². The topological polar surface area (TPSA) is 32.7 Å². The van der Waals surface area contributed by atoms with Gasteiger partial charge < -0.3 is 9.84 Å². The predicted molar refractivity (Wildman–Crippen MR) is 77.1 cm³/mol. The maximum atomic E-state index is 8.74. The molecule has 0 radical (unpaired) electrons. The number of aryl methyl sites for hydroxylation is 1. The lowest BCUT2D eigenvalue weighted by molar-refractivity contribution is 0.000783. The van der Waals surface area contributed by atoms with Gasteiger partial charge in [0.1, 0.15) is 0 Å². The molecule has 0 spiro atoms. The monoisotopic (exact) mass is 263 g/mol. The number of hydrogen-bond donors (Lipinski definition) is 1. The molecule has 0 saturated carbocycles. The van der Waals surface area contributed by atoms with E-state index in [0.717, 1.165) is 38.9 Å². The lowest BCUT2D eigenvalue weighted by atomic mass is 10.1. The Balaban J connectivity index is 1.71. The molecule has 1 aliphatic heterocycles. The number of aliphatic hydroxyl groups is 1. The van der Waals surface area contributed by atoms with Crippen molar-refractivity contribution in [1.82, 2.24) is 4.90 Å². The second-order valence-electron chi connectivity index (χ2n) is 5.41. The summed E-state index contributed by atoms with van der Waals surface area (Å²) in [6.07, 6.45) is 3.36. The molecule has 0 aliphatic carbocycles. The number of benzene rings is 1. The van der Waals surface area contributed by atoms with Crippen LogP contribution in [-0.2, 0) is 11.3 Å². The smallest absolute Gasteiger partial charge is 0.0599 e. The lowest BCUT2D eigenvalue weighted by Crippen LogP contribution is -2.36. The third-order valence-electron chi connectivity index (χ3n) is 3.68. The first kappa shape index (κ1) is 14.5. The lowest BCUT2D eigenvalue weighted by Gasteiger charge is -2.32. The maximum Gasteiger partial charge on any atom is 0.0599 e. The van der Waals surface area contributed by atoms with E-state index in [-0.39, 0.29) is 6.61 Å². The van der Waals surface area contributed by atoms with E-state index >= 15 is 0 Å². The average molecular weight is 263 g/mol. The Hall–Kier alpha value is -0.900. The molecule has 1 aromatic carbocycles. The Morgan fingerprint density at radius 1 is 1.32 bits per heavy atom. The predicted octanol–water partition coefficient (Wildman–Crippen LogP) is 2.36. The van der Waals surface area contributed by atoms with Gasteiger partial charge in [0.2, 0.25) is 0 Å². The number of hydrogen-bond acceptors (Lipinski definition) is 3. The first-order valence-corrected chi connectivity index (χ1v) is 7.28. The molecule has 3 heteroatoms. The van der Waals surface area contributed by atoms with Crippen LogP contribution in [0.2, 0.25) is 0 Å². The largest absolute Gasteiger partial charge is 0.396 e. The fraction of sp³-hybridized carbons (Fsp3) is 0.625. The van der Waals surface area contributed by atoms with Crippen LogP contribution < -0.4 is 0 Å². The zero-order chi connectivity index (χ0) is 13.5. The quantitative estimate of drug-likeness (QED) is 0.800. The van der Waals surface area contributed by atoms with Crippen molar-refractivity contribution in [2.24, 2.45) is 0 Å². The molecule has 0 bridgehead atoms. The van der Waals surface area contributed by atoms with Crippen molar-refractivity contribution in [3.63, 3.8) is 0 Å². The third kappa shape index (κ3) is 4.94. The van der Waals surface area contributed by atoms with E-state index in [1.807, 2.05) is 0 Å². The number of ether oxygens (including phenoxy) is 1. The average Bonchev–Trinajstić information content (AvgIpc) is 2.41. The minimum absolute atomic E-state index is 0.228. The molecule has 1 heterocycles. The van der Waals surface area contributed by atoms with E-state index in [1.165, 1.54) is 11.1 Å². The Morgan fingerprint density at radius 3 is 2.79 bits per heavy atom. The number of aliphatic hydroxyl groups excluding tert-OH is 1. The van der Waals surface area contributed by atoms with Crippen molar-refractivity contribution < 1.29 is 9.84 Å². The van der Waals surface area contributed by atoms with Crippen molar-refractivity contribution in [3.8, 4) is 0 Å². The molecule has 2 rings (SSSR count). The van der Waals surface area contributed by atoms with Crippen molar-refractivity contribution >= 4 is 0 Å². The van der Waals surface area contributed by atoms with Crippen molar-refractivity contribution in [3.05, 3.63) is 35.4 Å². The van der Waals surface area contributed by atoms with Gasteiger partial charge in [0, 0.05) is 32.8 Å². The molecule has 3 nitrogen and oxygen atoms in total. The van der Waals surface area contributed by atoms with Gasteiger partial charge in [-0.25, -0.2) is 0 Å². The van der Waals surface area contributed by atoms with Crippen LogP contribution in [0.15, 0.2) is 24.3 Å². The summed E-state index contributed by atoms with van der Waals surface area (Å²) in [5.74, 6) is 0. The number of likely N-dealkylation sites (tertiary alicyclic amines) is 1. The summed E-state index contributed by atoms with van der Waals surface area (Å²) >= 11 is 0. The van der Waals surface area contributed by atoms with Gasteiger partial charge in [-0.15, -0.1) is 0 Å². The molecule has 0 atom stereocenters. The van der Waals surface area contributed by atoms with E-state index in [2.05, 4.69) is 36.1 Å². The molecule has 0 unspecified atom stereocenters. The maximum absolute atomic E-state index is 8.74. The number of nitrogens with zero attached hydrogens (tertiary/aromatic N) is 1. The molecule has 1 saturated heterocycles. The second-order valence-corrected chi connectivity index (χ2v) is 5.41. The van der Waals surface area contributed by atoms with Crippen LogP contribution in [0.5, 0.6) is 0 Å². The van der Waals surface area contributed by atoms with Crippen LogP contribution in [0.25, 0.3) is 0 Å². The SMILES string of the molecule is Cc1cccc(CN2CCC(OCCCO)CC2)c1. The highest BCUT2D eigenvalue weighted by Crippen LogP contribution is 2.16. The Morgan fingerprint density at radius 2 is 2.11 bits per heavy atom.